The fourth-order valence-electron chi connectivity index (χ4n) is 5.48. The van der Waals surface area contributed by atoms with Gasteiger partial charge in [0.05, 0.1) is 68.1 Å². The number of quaternary nitrogens is 1. The van der Waals surface area contributed by atoms with Crippen LogP contribution < -0.4 is 21.1 Å². The van der Waals surface area contributed by atoms with E-state index in [1.807, 2.05) is 12.1 Å². The van der Waals surface area contributed by atoms with Crippen LogP contribution in [0.15, 0.2) is 30.3 Å². The Balaban J connectivity index is 1.34. The molecule has 48 heavy (non-hydrogen) atoms. The Kier molecular flexibility index (Phi) is 12.5. The second-order valence-corrected chi connectivity index (χ2v) is 16.8. The van der Waals surface area contributed by atoms with E-state index in [1.54, 1.807) is 6.07 Å². The first kappa shape index (κ1) is 37.5. The molecule has 0 spiro atoms. The first-order chi connectivity index (χ1) is 22.5. The van der Waals surface area contributed by atoms with Crippen molar-refractivity contribution < 1.29 is 40.4 Å². The number of unbranched alkanes of at least 4 members (excludes halogenated alkanes) is 2. The van der Waals surface area contributed by atoms with Crippen LogP contribution in [0.3, 0.4) is 0 Å². The van der Waals surface area contributed by atoms with E-state index in [0.29, 0.717) is 41.9 Å². The maximum Gasteiger partial charge on any atom is 0.222 e. The lowest BCUT2D eigenvalue weighted by molar-refractivity contribution is -0.869. The zero-order valence-electron chi connectivity index (χ0n) is 27.6. The molecule has 2 amide bonds. The van der Waals surface area contributed by atoms with Crippen LogP contribution in [-0.4, -0.2) is 88.1 Å². The zero-order chi connectivity index (χ0) is 35.1. The highest BCUT2D eigenvalue weighted by Crippen LogP contribution is 2.39. The highest BCUT2D eigenvalue weighted by atomic mass is 32.2. The van der Waals surface area contributed by atoms with Crippen molar-refractivity contribution in [3.05, 3.63) is 58.4 Å². The molecule has 0 unspecified atom stereocenters. The highest BCUT2D eigenvalue weighted by Gasteiger charge is 2.42. The van der Waals surface area contributed by atoms with E-state index in [-0.39, 0.29) is 48.7 Å². The number of benzene rings is 2. The van der Waals surface area contributed by atoms with Gasteiger partial charge in [-0.3, -0.25) is 9.59 Å². The minimum absolute atomic E-state index is 0.0558. The van der Waals surface area contributed by atoms with Crippen LogP contribution in [0.1, 0.15) is 55.5 Å². The quantitative estimate of drug-likeness (QED) is 0.116. The molecular weight excluding hydrogens is 668 g/mol. The van der Waals surface area contributed by atoms with E-state index < -0.39 is 44.8 Å². The van der Waals surface area contributed by atoms with E-state index in [2.05, 4.69) is 31.8 Å². The van der Waals surface area contributed by atoms with E-state index >= 15 is 0 Å². The Morgan fingerprint density at radius 2 is 1.73 bits per heavy atom. The molecule has 1 fully saturated rings. The number of nitrogens with one attached hydrogen (secondary N) is 2. The molecule has 264 valence electrons. The molecule has 1 aliphatic heterocycles. The molecule has 1 aromatic heterocycles. The number of amides is 2. The number of rotatable bonds is 16. The third-order valence-corrected chi connectivity index (χ3v) is 11.1. The number of halogens is 3. The lowest BCUT2D eigenvalue weighted by atomic mass is 9.92. The van der Waals surface area contributed by atoms with Crippen molar-refractivity contribution >= 4 is 43.2 Å². The lowest BCUT2D eigenvalue weighted by Gasteiger charge is -2.36. The van der Waals surface area contributed by atoms with Gasteiger partial charge in [0.1, 0.15) is 16.6 Å². The average molecular weight is 713 g/mol. The van der Waals surface area contributed by atoms with Crippen molar-refractivity contribution in [2.45, 2.75) is 62.9 Å². The van der Waals surface area contributed by atoms with Gasteiger partial charge >= 0.3 is 0 Å². The van der Waals surface area contributed by atoms with Crippen molar-refractivity contribution in [2.24, 2.45) is 5.73 Å². The van der Waals surface area contributed by atoms with Crippen molar-refractivity contribution in [3.8, 4) is 5.75 Å². The number of aromatic nitrogens is 1. The first-order valence-corrected chi connectivity index (χ1v) is 18.7. The Morgan fingerprint density at radius 3 is 2.44 bits per heavy atom. The van der Waals surface area contributed by atoms with Crippen molar-refractivity contribution in [2.75, 3.05) is 52.3 Å². The number of hydrogen-bond acceptors (Lipinski definition) is 8. The van der Waals surface area contributed by atoms with Crippen molar-refractivity contribution in [1.82, 2.24) is 15.6 Å². The maximum atomic E-state index is 14.1. The molecule has 0 radical (unpaired) electrons. The predicted octanol–water partition coefficient (Wildman–Crippen LogP) is 3.96. The number of thiazole rings is 1. The molecule has 0 aliphatic carbocycles. The molecule has 10 nitrogen and oxygen atoms in total. The number of nitrogens with two attached hydrogens (primary N) is 1. The minimum Gasteiger partial charge on any atom is -0.494 e. The summed E-state index contributed by atoms with van der Waals surface area (Å²) in [5, 5.41) is 6.48. The van der Waals surface area contributed by atoms with Crippen LogP contribution in [0.2, 0.25) is 0 Å². The number of ether oxygens (including phenoxy) is 1. The number of sulfone groups is 1. The monoisotopic (exact) mass is 712 g/mol. The molecule has 2 aromatic carbocycles. The molecule has 1 atom stereocenters. The maximum absolute atomic E-state index is 14.1. The van der Waals surface area contributed by atoms with E-state index in [0.717, 1.165) is 41.1 Å². The van der Waals surface area contributed by atoms with Gasteiger partial charge in [-0.15, -0.1) is 11.3 Å². The van der Waals surface area contributed by atoms with Crippen molar-refractivity contribution in [3.63, 3.8) is 0 Å². The molecule has 2 heterocycles. The van der Waals surface area contributed by atoms with Gasteiger partial charge < -0.3 is 25.6 Å². The van der Waals surface area contributed by atoms with Crippen LogP contribution in [0.4, 0.5) is 13.2 Å². The topological polar surface area (TPSA) is 140 Å². The highest BCUT2D eigenvalue weighted by molar-refractivity contribution is 7.91. The van der Waals surface area contributed by atoms with Crippen LogP contribution >= 0.6 is 11.3 Å². The summed E-state index contributed by atoms with van der Waals surface area (Å²) in [6.07, 6.45) is 2.66. The molecule has 3 aromatic rings. The number of nitrogens with zero attached hydrogens (tertiary/aromatic N) is 2. The summed E-state index contributed by atoms with van der Waals surface area (Å²) in [5.74, 6) is -3.54. The number of likely N-dealkylation sites (N-methyl/N-ethyl adjacent to an activating group) is 1. The van der Waals surface area contributed by atoms with Crippen LogP contribution in [-0.2, 0) is 31.4 Å². The van der Waals surface area contributed by atoms with Crippen LogP contribution in [0.25, 0.3) is 10.2 Å². The molecular formula is C33H45F3N5O5S2+. The summed E-state index contributed by atoms with van der Waals surface area (Å²) in [7, 11) is 2.95. The molecule has 1 aliphatic rings. The second-order valence-electron chi connectivity index (χ2n) is 13.5. The van der Waals surface area contributed by atoms with E-state index in [1.165, 1.54) is 11.3 Å². The first-order valence-electron chi connectivity index (χ1n) is 16.1. The van der Waals surface area contributed by atoms with Gasteiger partial charge in [0, 0.05) is 24.9 Å². The fourth-order valence-corrected chi connectivity index (χ4v) is 8.20. The minimum atomic E-state index is -3.29. The Morgan fingerprint density at radius 1 is 1.02 bits per heavy atom. The largest absolute Gasteiger partial charge is 0.494 e. The van der Waals surface area contributed by atoms with Crippen LogP contribution in [0.5, 0.6) is 5.75 Å². The van der Waals surface area contributed by atoms with Gasteiger partial charge in [-0.2, -0.15) is 0 Å². The lowest BCUT2D eigenvalue weighted by Crippen LogP contribution is -2.51. The van der Waals surface area contributed by atoms with Gasteiger partial charge in [-0.25, -0.2) is 26.6 Å². The summed E-state index contributed by atoms with van der Waals surface area (Å²) in [5.41, 5.74) is 5.56. The summed E-state index contributed by atoms with van der Waals surface area (Å²) in [6.45, 7) is 2.00. The Labute approximate surface area is 283 Å². The Hall–Kier alpha value is -3.27. The molecule has 15 heteroatoms. The summed E-state index contributed by atoms with van der Waals surface area (Å²) in [4.78, 5) is 30.0. The standard InChI is InChI=1S/C33H44F3N5O5S2/c1-41(2,3)13-12-38-30(42)7-5-4-6-14-46-24-8-9-28-29(20-24)47-32(39-28)33(10-15-48(44,45)16-11-33)40-31(43)19-23(37)17-22-18-26(35)27(36)21-25(22)34/h8-9,18,20-21,23H,4-7,10-17,19,37H2,1-3H3,(H-,38,40,42,43)/p+1/t23-/m1/s1. The molecule has 0 bridgehead atoms. The zero-order valence-corrected chi connectivity index (χ0v) is 29.3. The summed E-state index contributed by atoms with van der Waals surface area (Å²) in [6, 6.07) is 5.74. The normalized spacial score (nSPS) is 16.4. The number of carbonyl (C=O) groups excluding carboxylic acids is 2. The van der Waals surface area contributed by atoms with E-state index in [9.17, 15) is 31.2 Å². The molecule has 4 rings (SSSR count). The van der Waals surface area contributed by atoms with E-state index in [4.69, 9.17) is 15.5 Å². The molecule has 4 N–H and O–H groups in total. The third kappa shape index (κ3) is 10.9. The van der Waals surface area contributed by atoms with Gasteiger partial charge in [0.2, 0.25) is 11.8 Å². The van der Waals surface area contributed by atoms with Gasteiger partial charge in [0.25, 0.3) is 0 Å². The van der Waals surface area contributed by atoms with Gasteiger partial charge in [-0.1, -0.05) is 0 Å². The van der Waals surface area contributed by atoms with Gasteiger partial charge in [-0.05, 0) is 68.4 Å². The second kappa shape index (κ2) is 16.0. The van der Waals surface area contributed by atoms with Crippen LogP contribution in [0, 0.1) is 17.5 Å². The summed E-state index contributed by atoms with van der Waals surface area (Å²) >= 11 is 1.34. The number of hydrogen-bond donors (Lipinski definition) is 3. The fraction of sp³-hybridized carbons (Fsp3) is 0.545. The predicted molar refractivity (Wildman–Crippen MR) is 180 cm³/mol. The summed E-state index contributed by atoms with van der Waals surface area (Å²) < 4.78 is 73.3. The molecule has 0 saturated carbocycles. The SMILES string of the molecule is C[N+](C)(C)CCNC(=O)CCCCCOc1ccc2nc(C3(NC(=O)C[C@H](N)Cc4cc(F)c(F)cc4F)CCS(=O)(=O)CC3)sc2c1. The number of carbonyl (C=O) groups is 2. The third-order valence-electron chi connectivity index (χ3n) is 8.27. The number of fused-ring (bicyclic) bond motifs is 1. The smallest absolute Gasteiger partial charge is 0.222 e. The average Bonchev–Trinajstić information content (AvgIpc) is 3.42. The van der Waals surface area contributed by atoms with Crippen molar-refractivity contribution in [1.29, 1.82) is 0 Å². The molecule has 1 saturated heterocycles. The Bertz CT molecular complexity index is 1700. The van der Waals surface area contributed by atoms with Gasteiger partial charge in [0.15, 0.2) is 21.5 Å².